The number of carbonyl (C=O) groups is 3. The van der Waals surface area contributed by atoms with Gasteiger partial charge in [-0.05, 0) is 43.4 Å². The van der Waals surface area contributed by atoms with Crippen molar-refractivity contribution in [1.82, 2.24) is 0 Å². The molecule has 0 saturated carbocycles. The molecule has 2 aromatic carbocycles. The van der Waals surface area contributed by atoms with Crippen LogP contribution in [0.3, 0.4) is 0 Å². The van der Waals surface area contributed by atoms with E-state index >= 15 is 0 Å². The van der Waals surface area contributed by atoms with Crippen LogP contribution in [-0.2, 0) is 31.9 Å². The zero-order valence-electron chi connectivity index (χ0n) is 19.3. The first-order chi connectivity index (χ1) is 15.9. The molecular formula is C26H32N2O5. The first kappa shape index (κ1) is 27.7. The first-order valence-electron chi connectivity index (χ1n) is 10.8. The van der Waals surface area contributed by atoms with Crippen LogP contribution in [0.4, 0.5) is 5.69 Å². The van der Waals surface area contributed by atoms with Crippen LogP contribution in [0.25, 0.3) is 4.85 Å². The predicted molar refractivity (Wildman–Crippen MR) is 127 cm³/mol. The van der Waals surface area contributed by atoms with Crippen molar-refractivity contribution in [2.45, 2.75) is 38.5 Å². The zero-order valence-corrected chi connectivity index (χ0v) is 19.3. The van der Waals surface area contributed by atoms with E-state index in [0.29, 0.717) is 24.1 Å². The maximum absolute atomic E-state index is 11.2. The summed E-state index contributed by atoms with van der Waals surface area (Å²) < 4.78 is 9.50. The van der Waals surface area contributed by atoms with Crippen LogP contribution in [0, 0.1) is 6.57 Å². The SMILES string of the molecule is COCC(=O)CCCc1cccc(C(N)=O)c1.[C-]#[N+]c1cccc(CCCC(=O)COC)c1. The third-order valence-electron chi connectivity index (χ3n) is 4.70. The Morgan fingerprint density at radius 3 is 1.85 bits per heavy atom. The number of methoxy groups -OCH3 is 2. The van der Waals surface area contributed by atoms with Gasteiger partial charge in [-0.15, -0.1) is 0 Å². The maximum Gasteiger partial charge on any atom is 0.248 e. The van der Waals surface area contributed by atoms with Crippen LogP contribution >= 0.6 is 0 Å². The van der Waals surface area contributed by atoms with E-state index in [2.05, 4.69) is 4.85 Å². The number of Topliss-reactive ketones (excluding diaryl/α,β-unsaturated/α-hetero) is 2. The summed E-state index contributed by atoms with van der Waals surface area (Å²) in [6, 6.07) is 14.7. The number of amides is 1. The lowest BCUT2D eigenvalue weighted by molar-refractivity contribution is -0.123. The topological polar surface area (TPSA) is 100 Å². The molecule has 0 unspecified atom stereocenters. The van der Waals surface area contributed by atoms with E-state index in [0.717, 1.165) is 36.8 Å². The number of rotatable bonds is 13. The Labute approximate surface area is 195 Å². The van der Waals surface area contributed by atoms with Crippen molar-refractivity contribution in [3.8, 4) is 0 Å². The van der Waals surface area contributed by atoms with E-state index in [-0.39, 0.29) is 24.8 Å². The van der Waals surface area contributed by atoms with E-state index in [1.807, 2.05) is 24.3 Å². The van der Waals surface area contributed by atoms with Crippen LogP contribution in [0.5, 0.6) is 0 Å². The van der Waals surface area contributed by atoms with Crippen LogP contribution in [0.1, 0.15) is 47.2 Å². The second kappa shape index (κ2) is 16.3. The van der Waals surface area contributed by atoms with Gasteiger partial charge in [0.05, 0.1) is 6.57 Å². The summed E-state index contributed by atoms with van der Waals surface area (Å²) in [5.41, 5.74) is 8.48. The molecule has 0 fully saturated rings. The number of nitrogens with zero attached hydrogens (tertiary/aromatic N) is 1. The summed E-state index contributed by atoms with van der Waals surface area (Å²) in [4.78, 5) is 36.7. The Morgan fingerprint density at radius 1 is 0.848 bits per heavy atom. The van der Waals surface area contributed by atoms with E-state index in [9.17, 15) is 14.4 Å². The number of nitrogens with two attached hydrogens (primary N) is 1. The molecule has 2 rings (SSSR count). The standard InChI is InChI=1S/C13H17NO3.C13H15NO2/c1-17-9-12(15)7-3-5-10-4-2-6-11(8-10)13(14)16;1-14-12-7-3-5-11(9-12)6-4-8-13(15)10-16-2/h2,4,6,8H,3,5,7,9H2,1H3,(H2,14,16);3,5,7,9H,4,6,8,10H2,2H3. The normalized spacial score (nSPS) is 9.97. The molecule has 0 aliphatic carbocycles. The molecular weight excluding hydrogens is 420 g/mol. The highest BCUT2D eigenvalue weighted by Gasteiger charge is 2.04. The lowest BCUT2D eigenvalue weighted by Gasteiger charge is -2.03. The molecule has 176 valence electrons. The molecule has 0 aliphatic heterocycles. The second-order valence-corrected chi connectivity index (χ2v) is 7.50. The molecule has 0 saturated heterocycles. The van der Waals surface area contributed by atoms with Crippen LogP contribution in [-0.4, -0.2) is 44.9 Å². The summed E-state index contributed by atoms with van der Waals surface area (Å²) in [6.45, 7) is 7.26. The predicted octanol–water partition coefficient (Wildman–Crippen LogP) is 4.10. The number of benzene rings is 2. The Kier molecular flexibility index (Phi) is 13.7. The van der Waals surface area contributed by atoms with E-state index in [1.54, 1.807) is 24.3 Å². The number of aryl methyl sites for hydroxylation is 2. The lowest BCUT2D eigenvalue weighted by atomic mass is 10.0. The third kappa shape index (κ3) is 12.3. The molecule has 2 aromatic rings. The van der Waals surface area contributed by atoms with Crippen LogP contribution < -0.4 is 5.73 Å². The summed E-state index contributed by atoms with van der Waals surface area (Å²) in [6.07, 6.45) is 4.19. The van der Waals surface area contributed by atoms with Gasteiger partial charge in [0.25, 0.3) is 0 Å². The van der Waals surface area contributed by atoms with Gasteiger partial charge < -0.3 is 15.2 Å². The van der Waals surface area contributed by atoms with E-state index in [4.69, 9.17) is 21.8 Å². The van der Waals surface area contributed by atoms with Crippen molar-refractivity contribution < 1.29 is 23.9 Å². The van der Waals surface area contributed by atoms with Gasteiger partial charge in [-0.25, -0.2) is 4.85 Å². The molecule has 0 aromatic heterocycles. The second-order valence-electron chi connectivity index (χ2n) is 7.50. The monoisotopic (exact) mass is 452 g/mol. The summed E-state index contributed by atoms with van der Waals surface area (Å²) >= 11 is 0. The van der Waals surface area contributed by atoms with E-state index < -0.39 is 5.91 Å². The molecule has 33 heavy (non-hydrogen) atoms. The fourth-order valence-electron chi connectivity index (χ4n) is 3.11. The first-order valence-corrected chi connectivity index (χ1v) is 10.8. The molecule has 0 bridgehead atoms. The average Bonchev–Trinajstić information content (AvgIpc) is 2.80. The van der Waals surface area contributed by atoms with Gasteiger partial charge in [0.1, 0.15) is 13.2 Å². The quantitative estimate of drug-likeness (QED) is 0.461. The minimum absolute atomic E-state index is 0.0959. The van der Waals surface area contributed by atoms with Gasteiger partial charge in [-0.2, -0.15) is 0 Å². The van der Waals surface area contributed by atoms with Crippen molar-refractivity contribution in [2.75, 3.05) is 27.4 Å². The van der Waals surface area contributed by atoms with Crippen molar-refractivity contribution >= 4 is 23.2 Å². The minimum Gasteiger partial charge on any atom is -0.377 e. The lowest BCUT2D eigenvalue weighted by Crippen LogP contribution is -2.11. The molecule has 0 aliphatic rings. The summed E-state index contributed by atoms with van der Waals surface area (Å²) in [7, 11) is 3.03. The average molecular weight is 453 g/mol. The number of ketones is 2. The molecule has 2 N–H and O–H groups in total. The van der Waals surface area contributed by atoms with Gasteiger partial charge in [-0.1, -0.05) is 42.0 Å². The zero-order chi connectivity index (χ0) is 24.5. The van der Waals surface area contributed by atoms with Crippen molar-refractivity contribution in [3.63, 3.8) is 0 Å². The molecule has 0 radical (unpaired) electrons. The Balaban J connectivity index is 0.000000331. The summed E-state index contributed by atoms with van der Waals surface area (Å²) in [5.74, 6) is -0.204. The highest BCUT2D eigenvalue weighted by Crippen LogP contribution is 2.15. The Hall–Kier alpha value is -3.34. The maximum atomic E-state index is 11.2. The van der Waals surface area contributed by atoms with Crippen LogP contribution in [0.15, 0.2) is 48.5 Å². The fourth-order valence-corrected chi connectivity index (χ4v) is 3.11. The number of hydrogen-bond donors (Lipinski definition) is 1. The number of carbonyl (C=O) groups excluding carboxylic acids is 3. The fraction of sp³-hybridized carbons (Fsp3) is 0.385. The van der Waals surface area contributed by atoms with Gasteiger partial charge in [0, 0.05) is 32.6 Å². The summed E-state index contributed by atoms with van der Waals surface area (Å²) in [5, 5.41) is 0. The van der Waals surface area contributed by atoms with Crippen molar-refractivity contribution in [3.05, 3.63) is 76.6 Å². The largest absolute Gasteiger partial charge is 0.377 e. The Morgan fingerprint density at radius 2 is 1.36 bits per heavy atom. The highest BCUT2D eigenvalue weighted by atomic mass is 16.5. The molecule has 1 amide bonds. The molecule has 0 heterocycles. The van der Waals surface area contributed by atoms with Gasteiger partial charge in [0.2, 0.25) is 5.91 Å². The van der Waals surface area contributed by atoms with Crippen molar-refractivity contribution in [1.29, 1.82) is 0 Å². The number of hydrogen-bond acceptors (Lipinski definition) is 5. The highest BCUT2D eigenvalue weighted by molar-refractivity contribution is 5.92. The smallest absolute Gasteiger partial charge is 0.248 e. The number of ether oxygens (including phenoxy) is 2. The Bertz CT molecular complexity index is 950. The third-order valence-corrected chi connectivity index (χ3v) is 4.70. The molecule has 7 heteroatoms. The van der Waals surface area contributed by atoms with E-state index in [1.165, 1.54) is 14.2 Å². The molecule has 0 spiro atoms. The van der Waals surface area contributed by atoms with Gasteiger partial charge in [0.15, 0.2) is 17.3 Å². The van der Waals surface area contributed by atoms with Crippen LogP contribution in [0.2, 0.25) is 0 Å². The number of primary amides is 1. The van der Waals surface area contributed by atoms with Gasteiger partial charge in [-0.3, -0.25) is 14.4 Å². The minimum atomic E-state index is -0.428. The molecule has 0 atom stereocenters. The molecule has 7 nitrogen and oxygen atoms in total. The van der Waals surface area contributed by atoms with Crippen molar-refractivity contribution in [2.24, 2.45) is 5.73 Å². The van der Waals surface area contributed by atoms with Gasteiger partial charge >= 0.3 is 0 Å².